The van der Waals surface area contributed by atoms with E-state index in [-0.39, 0.29) is 5.91 Å². The van der Waals surface area contributed by atoms with Gasteiger partial charge in [0, 0.05) is 35.9 Å². The molecule has 0 aliphatic heterocycles. The molecule has 0 atom stereocenters. The SMILES string of the molecule is Cc1n[nH]c(C)c1CCNC(=O)c1ccc(-n2cccc2)cc1. The zero-order valence-corrected chi connectivity index (χ0v) is 13.3. The van der Waals surface area contributed by atoms with E-state index in [2.05, 4.69) is 15.5 Å². The quantitative estimate of drug-likeness (QED) is 0.761. The summed E-state index contributed by atoms with van der Waals surface area (Å²) in [4.78, 5) is 12.2. The van der Waals surface area contributed by atoms with Crippen LogP contribution in [0, 0.1) is 13.8 Å². The van der Waals surface area contributed by atoms with Crippen LogP contribution in [0.3, 0.4) is 0 Å². The van der Waals surface area contributed by atoms with Crippen LogP contribution >= 0.6 is 0 Å². The maximum Gasteiger partial charge on any atom is 0.251 e. The van der Waals surface area contributed by atoms with Crippen molar-refractivity contribution in [2.45, 2.75) is 20.3 Å². The predicted molar refractivity (Wildman–Crippen MR) is 89.9 cm³/mol. The van der Waals surface area contributed by atoms with Gasteiger partial charge in [-0.3, -0.25) is 9.89 Å². The van der Waals surface area contributed by atoms with Crippen LogP contribution in [-0.2, 0) is 6.42 Å². The molecule has 5 nitrogen and oxygen atoms in total. The summed E-state index contributed by atoms with van der Waals surface area (Å²) in [5.41, 5.74) is 4.94. The topological polar surface area (TPSA) is 62.7 Å². The number of hydrogen-bond donors (Lipinski definition) is 2. The van der Waals surface area contributed by atoms with Crippen LogP contribution in [-0.4, -0.2) is 27.2 Å². The second-order valence-electron chi connectivity index (χ2n) is 5.56. The first-order valence-corrected chi connectivity index (χ1v) is 7.67. The van der Waals surface area contributed by atoms with Gasteiger partial charge in [0.2, 0.25) is 0 Å². The lowest BCUT2D eigenvalue weighted by Crippen LogP contribution is -2.25. The Balaban J connectivity index is 1.58. The van der Waals surface area contributed by atoms with Gasteiger partial charge >= 0.3 is 0 Å². The molecule has 1 aromatic carbocycles. The Morgan fingerprint density at radius 3 is 2.48 bits per heavy atom. The molecule has 0 unspecified atom stereocenters. The number of aryl methyl sites for hydroxylation is 2. The van der Waals surface area contributed by atoms with E-state index < -0.39 is 0 Å². The van der Waals surface area contributed by atoms with Crippen molar-refractivity contribution in [1.82, 2.24) is 20.1 Å². The Hall–Kier alpha value is -2.82. The second-order valence-corrected chi connectivity index (χ2v) is 5.56. The van der Waals surface area contributed by atoms with E-state index in [0.29, 0.717) is 12.1 Å². The van der Waals surface area contributed by atoms with E-state index >= 15 is 0 Å². The van der Waals surface area contributed by atoms with Crippen molar-refractivity contribution in [1.29, 1.82) is 0 Å². The van der Waals surface area contributed by atoms with Gasteiger partial charge in [-0.05, 0) is 62.2 Å². The first-order valence-electron chi connectivity index (χ1n) is 7.67. The minimum absolute atomic E-state index is 0.0529. The molecule has 5 heteroatoms. The Bertz CT molecular complexity index is 766. The van der Waals surface area contributed by atoms with Crippen LogP contribution in [0.5, 0.6) is 0 Å². The summed E-state index contributed by atoms with van der Waals surface area (Å²) in [5.74, 6) is -0.0529. The fourth-order valence-electron chi connectivity index (χ4n) is 2.64. The van der Waals surface area contributed by atoms with Crippen molar-refractivity contribution in [3.05, 3.63) is 71.3 Å². The molecule has 1 amide bonds. The lowest BCUT2D eigenvalue weighted by molar-refractivity contribution is 0.0954. The van der Waals surface area contributed by atoms with Crippen LogP contribution in [0.25, 0.3) is 5.69 Å². The average molecular weight is 308 g/mol. The molecule has 118 valence electrons. The number of amides is 1. The third-order valence-corrected chi connectivity index (χ3v) is 3.97. The molecule has 0 saturated carbocycles. The number of carbonyl (C=O) groups excluding carboxylic acids is 1. The van der Waals surface area contributed by atoms with Crippen LogP contribution in [0.15, 0.2) is 48.8 Å². The average Bonchev–Trinajstić information content (AvgIpc) is 3.20. The summed E-state index contributed by atoms with van der Waals surface area (Å²) in [6, 6.07) is 11.5. The number of rotatable bonds is 5. The fraction of sp³-hybridized carbons (Fsp3) is 0.222. The minimum Gasteiger partial charge on any atom is -0.352 e. The van der Waals surface area contributed by atoms with Crippen molar-refractivity contribution >= 4 is 5.91 Å². The molecule has 2 heterocycles. The molecule has 0 saturated heterocycles. The highest BCUT2D eigenvalue weighted by atomic mass is 16.1. The molecule has 23 heavy (non-hydrogen) atoms. The summed E-state index contributed by atoms with van der Waals surface area (Å²) < 4.78 is 2.01. The molecular weight excluding hydrogens is 288 g/mol. The number of aromatic nitrogens is 3. The Morgan fingerprint density at radius 1 is 1.17 bits per heavy atom. The highest BCUT2D eigenvalue weighted by Crippen LogP contribution is 2.11. The molecule has 3 aromatic rings. The number of nitrogens with one attached hydrogen (secondary N) is 2. The summed E-state index contributed by atoms with van der Waals surface area (Å²) in [6.45, 7) is 4.57. The highest BCUT2D eigenvalue weighted by molar-refractivity contribution is 5.94. The predicted octanol–water partition coefficient (Wildman–Crippen LogP) is 2.79. The first kappa shape index (κ1) is 15.1. The van der Waals surface area contributed by atoms with Crippen molar-refractivity contribution in [2.75, 3.05) is 6.54 Å². The van der Waals surface area contributed by atoms with Gasteiger partial charge in [0.25, 0.3) is 5.91 Å². The van der Waals surface area contributed by atoms with Crippen molar-refractivity contribution in [3.8, 4) is 5.69 Å². The van der Waals surface area contributed by atoms with E-state index in [9.17, 15) is 4.79 Å². The second kappa shape index (κ2) is 6.52. The number of carbonyl (C=O) groups is 1. The maximum absolute atomic E-state index is 12.2. The van der Waals surface area contributed by atoms with Crippen LogP contribution in [0.4, 0.5) is 0 Å². The largest absolute Gasteiger partial charge is 0.352 e. The molecular formula is C18H20N4O. The van der Waals surface area contributed by atoms with Crippen molar-refractivity contribution < 1.29 is 4.79 Å². The summed E-state index contributed by atoms with van der Waals surface area (Å²) in [7, 11) is 0. The Morgan fingerprint density at radius 2 is 1.87 bits per heavy atom. The van der Waals surface area contributed by atoms with Gasteiger partial charge in [0.15, 0.2) is 0 Å². The molecule has 0 aliphatic carbocycles. The van der Waals surface area contributed by atoms with Crippen LogP contribution < -0.4 is 5.32 Å². The number of hydrogen-bond acceptors (Lipinski definition) is 2. The standard InChI is InChI=1S/C18H20N4O/c1-13-17(14(2)21-20-13)9-10-19-18(23)15-5-7-16(8-6-15)22-11-3-4-12-22/h3-8,11-12H,9-10H2,1-2H3,(H,19,23)(H,20,21). The monoisotopic (exact) mass is 308 g/mol. The zero-order chi connectivity index (χ0) is 16.2. The zero-order valence-electron chi connectivity index (χ0n) is 13.3. The third-order valence-electron chi connectivity index (χ3n) is 3.97. The van der Waals surface area contributed by atoms with E-state index in [0.717, 1.165) is 23.5 Å². The molecule has 0 fully saturated rings. The lowest BCUT2D eigenvalue weighted by Gasteiger charge is -2.07. The van der Waals surface area contributed by atoms with Gasteiger partial charge in [-0.25, -0.2) is 0 Å². The highest BCUT2D eigenvalue weighted by Gasteiger charge is 2.08. The molecule has 0 radical (unpaired) electrons. The maximum atomic E-state index is 12.2. The van der Waals surface area contributed by atoms with Gasteiger partial charge in [0.05, 0.1) is 5.69 Å². The Kier molecular flexibility index (Phi) is 4.28. The molecule has 0 spiro atoms. The summed E-state index contributed by atoms with van der Waals surface area (Å²) in [6.07, 6.45) is 4.73. The van der Waals surface area contributed by atoms with E-state index in [1.807, 2.05) is 67.2 Å². The van der Waals surface area contributed by atoms with Crippen molar-refractivity contribution in [3.63, 3.8) is 0 Å². The van der Waals surface area contributed by atoms with E-state index in [1.54, 1.807) is 0 Å². The fourth-order valence-corrected chi connectivity index (χ4v) is 2.64. The van der Waals surface area contributed by atoms with Gasteiger partial charge in [-0.1, -0.05) is 0 Å². The van der Waals surface area contributed by atoms with E-state index in [4.69, 9.17) is 0 Å². The van der Waals surface area contributed by atoms with Gasteiger partial charge in [0.1, 0.15) is 0 Å². The molecule has 0 aliphatic rings. The molecule has 3 rings (SSSR count). The normalized spacial score (nSPS) is 10.7. The molecule has 2 aromatic heterocycles. The smallest absolute Gasteiger partial charge is 0.251 e. The summed E-state index contributed by atoms with van der Waals surface area (Å²) >= 11 is 0. The van der Waals surface area contributed by atoms with Gasteiger partial charge < -0.3 is 9.88 Å². The van der Waals surface area contributed by atoms with Crippen LogP contribution in [0.2, 0.25) is 0 Å². The third kappa shape index (κ3) is 3.34. The van der Waals surface area contributed by atoms with Gasteiger partial charge in [-0.15, -0.1) is 0 Å². The number of H-pyrrole nitrogens is 1. The first-order chi connectivity index (χ1) is 11.1. The minimum atomic E-state index is -0.0529. The Labute approximate surface area is 135 Å². The van der Waals surface area contributed by atoms with Gasteiger partial charge in [-0.2, -0.15) is 5.10 Å². The number of benzene rings is 1. The van der Waals surface area contributed by atoms with Crippen LogP contribution in [0.1, 0.15) is 27.3 Å². The van der Waals surface area contributed by atoms with E-state index in [1.165, 1.54) is 5.56 Å². The number of nitrogens with zero attached hydrogens (tertiary/aromatic N) is 2. The number of aromatic amines is 1. The molecule has 2 N–H and O–H groups in total. The lowest BCUT2D eigenvalue weighted by atomic mass is 10.1. The summed E-state index contributed by atoms with van der Waals surface area (Å²) in [5, 5.41) is 10.1. The molecule has 0 bridgehead atoms. The van der Waals surface area contributed by atoms with Crippen molar-refractivity contribution in [2.24, 2.45) is 0 Å².